The fraction of sp³-hybridized carbons (Fsp3) is 0.615. The zero-order valence-electron chi connectivity index (χ0n) is 11.3. The van der Waals surface area contributed by atoms with Crippen molar-refractivity contribution >= 4 is 23.2 Å². The lowest BCUT2D eigenvalue weighted by Crippen LogP contribution is -2.40. The quantitative estimate of drug-likeness (QED) is 0.848. The van der Waals surface area contributed by atoms with Crippen molar-refractivity contribution in [3.8, 4) is 0 Å². The Morgan fingerprint density at radius 2 is 2.26 bits per heavy atom. The molecule has 1 saturated heterocycles. The Morgan fingerprint density at radius 1 is 1.42 bits per heavy atom. The number of hydrogen-bond acceptors (Lipinski definition) is 4. The van der Waals surface area contributed by atoms with Crippen LogP contribution in [0.2, 0.25) is 5.02 Å². The van der Waals surface area contributed by atoms with Crippen molar-refractivity contribution in [1.82, 2.24) is 19.6 Å². The summed E-state index contributed by atoms with van der Waals surface area (Å²) in [6.45, 7) is 5.17. The Balaban J connectivity index is 2.17. The van der Waals surface area contributed by atoms with Gasteiger partial charge in [-0.25, -0.2) is 4.98 Å². The first-order valence-corrected chi connectivity index (χ1v) is 7.22. The molecule has 2 aromatic rings. The summed E-state index contributed by atoms with van der Waals surface area (Å²) >= 11 is 6.49. The number of halogens is 1. The van der Waals surface area contributed by atoms with E-state index in [0.717, 1.165) is 24.5 Å². The summed E-state index contributed by atoms with van der Waals surface area (Å²) in [5, 5.41) is 4.97. The van der Waals surface area contributed by atoms with Crippen LogP contribution in [0.3, 0.4) is 0 Å². The predicted molar refractivity (Wildman–Crippen MR) is 75.8 cm³/mol. The van der Waals surface area contributed by atoms with Crippen LogP contribution in [0, 0.1) is 6.92 Å². The minimum atomic E-state index is 0.528. The van der Waals surface area contributed by atoms with Gasteiger partial charge in [0.25, 0.3) is 5.78 Å². The Kier molecular flexibility index (Phi) is 3.31. The fourth-order valence-corrected chi connectivity index (χ4v) is 3.10. The predicted octanol–water partition coefficient (Wildman–Crippen LogP) is 2.86. The summed E-state index contributed by atoms with van der Waals surface area (Å²) in [4.78, 5) is 10.9. The van der Waals surface area contributed by atoms with Gasteiger partial charge in [-0.2, -0.15) is 14.6 Å². The number of aryl methyl sites for hydroxylation is 1. The number of anilines is 1. The third-order valence-corrected chi connectivity index (χ3v) is 4.33. The summed E-state index contributed by atoms with van der Waals surface area (Å²) < 4.78 is 1.77. The van der Waals surface area contributed by atoms with Gasteiger partial charge >= 0.3 is 0 Å². The van der Waals surface area contributed by atoms with Gasteiger partial charge in [0.05, 0.1) is 5.69 Å². The highest BCUT2D eigenvalue weighted by atomic mass is 35.5. The summed E-state index contributed by atoms with van der Waals surface area (Å²) in [5.74, 6) is 1.57. The average Bonchev–Trinajstić information content (AvgIpc) is 2.88. The lowest BCUT2D eigenvalue weighted by Gasteiger charge is -2.37. The van der Waals surface area contributed by atoms with Crippen LogP contribution in [0.15, 0.2) is 6.33 Å². The van der Waals surface area contributed by atoms with Gasteiger partial charge < -0.3 is 4.90 Å². The molecule has 3 heterocycles. The fourth-order valence-electron chi connectivity index (χ4n) is 2.87. The molecule has 0 N–H and O–H groups in total. The van der Waals surface area contributed by atoms with E-state index in [1.165, 1.54) is 25.6 Å². The first-order valence-electron chi connectivity index (χ1n) is 6.85. The Bertz CT molecular complexity index is 594. The molecule has 0 aromatic carbocycles. The normalized spacial score (nSPS) is 20.2. The average molecular weight is 280 g/mol. The van der Waals surface area contributed by atoms with Crippen molar-refractivity contribution in [3.05, 3.63) is 17.0 Å². The van der Waals surface area contributed by atoms with E-state index in [1.54, 1.807) is 4.52 Å². The van der Waals surface area contributed by atoms with Gasteiger partial charge in [-0.1, -0.05) is 18.5 Å². The molecular formula is C13H18ClN5. The summed E-state index contributed by atoms with van der Waals surface area (Å²) in [5.41, 5.74) is 0.817. The standard InChI is InChI=1S/C13H18ClN5/c1-3-10-6-4-5-7-18(10)12-11(14)9(2)17-13-15-8-16-19(12)13/h8,10H,3-7H2,1-2H3/t10-/m0/s1. The maximum atomic E-state index is 6.49. The monoisotopic (exact) mass is 279 g/mol. The maximum absolute atomic E-state index is 6.49. The second-order valence-electron chi connectivity index (χ2n) is 5.06. The first kappa shape index (κ1) is 12.7. The van der Waals surface area contributed by atoms with Crippen LogP contribution in [0.5, 0.6) is 0 Å². The molecule has 0 unspecified atom stereocenters. The molecule has 1 aliphatic rings. The molecule has 0 radical (unpaired) electrons. The molecule has 0 bridgehead atoms. The van der Waals surface area contributed by atoms with Gasteiger partial charge in [-0.05, 0) is 32.6 Å². The number of rotatable bonds is 2. The Labute approximate surface area is 117 Å². The van der Waals surface area contributed by atoms with Crippen LogP contribution in [-0.2, 0) is 0 Å². The zero-order chi connectivity index (χ0) is 13.4. The molecule has 1 atom stereocenters. The molecule has 19 heavy (non-hydrogen) atoms. The molecule has 1 aliphatic heterocycles. The van der Waals surface area contributed by atoms with Crippen molar-refractivity contribution in [3.63, 3.8) is 0 Å². The molecule has 1 fully saturated rings. The van der Waals surface area contributed by atoms with Crippen molar-refractivity contribution < 1.29 is 0 Å². The lowest BCUT2D eigenvalue weighted by molar-refractivity contribution is 0.444. The van der Waals surface area contributed by atoms with Gasteiger partial charge in [0.15, 0.2) is 5.82 Å². The maximum Gasteiger partial charge on any atom is 0.254 e. The molecule has 0 aliphatic carbocycles. The van der Waals surface area contributed by atoms with Gasteiger partial charge in [-0.15, -0.1) is 0 Å². The van der Waals surface area contributed by atoms with Crippen LogP contribution >= 0.6 is 11.6 Å². The van der Waals surface area contributed by atoms with Crippen LogP contribution < -0.4 is 4.90 Å². The molecule has 5 nitrogen and oxygen atoms in total. The van der Waals surface area contributed by atoms with E-state index in [9.17, 15) is 0 Å². The molecule has 2 aromatic heterocycles. The van der Waals surface area contributed by atoms with E-state index in [-0.39, 0.29) is 0 Å². The zero-order valence-corrected chi connectivity index (χ0v) is 12.1. The minimum Gasteiger partial charge on any atom is -0.352 e. The van der Waals surface area contributed by atoms with Crippen molar-refractivity contribution in [2.45, 2.75) is 45.6 Å². The van der Waals surface area contributed by atoms with Gasteiger partial charge in [-0.3, -0.25) is 0 Å². The van der Waals surface area contributed by atoms with Crippen LogP contribution in [0.1, 0.15) is 38.3 Å². The number of aromatic nitrogens is 4. The largest absolute Gasteiger partial charge is 0.352 e. The topological polar surface area (TPSA) is 46.3 Å². The third-order valence-electron chi connectivity index (χ3n) is 3.88. The van der Waals surface area contributed by atoms with E-state index in [0.29, 0.717) is 16.8 Å². The third kappa shape index (κ3) is 2.06. The number of piperidine rings is 1. The van der Waals surface area contributed by atoms with E-state index in [1.807, 2.05) is 6.92 Å². The highest BCUT2D eigenvalue weighted by Gasteiger charge is 2.26. The second-order valence-corrected chi connectivity index (χ2v) is 5.44. The molecular weight excluding hydrogens is 262 g/mol. The van der Waals surface area contributed by atoms with Gasteiger partial charge in [0.1, 0.15) is 11.3 Å². The second kappa shape index (κ2) is 4.96. The van der Waals surface area contributed by atoms with E-state index >= 15 is 0 Å². The van der Waals surface area contributed by atoms with Crippen LogP contribution in [0.25, 0.3) is 5.78 Å². The van der Waals surface area contributed by atoms with Gasteiger partial charge in [0.2, 0.25) is 0 Å². The summed E-state index contributed by atoms with van der Waals surface area (Å²) in [7, 11) is 0. The lowest BCUT2D eigenvalue weighted by atomic mass is 10.00. The minimum absolute atomic E-state index is 0.528. The SMILES string of the molecule is CC[C@H]1CCCCN1c1c(Cl)c(C)nc2ncnn12. The van der Waals surface area contributed by atoms with Gasteiger partial charge in [0, 0.05) is 12.6 Å². The molecule has 6 heteroatoms. The molecule has 0 amide bonds. The summed E-state index contributed by atoms with van der Waals surface area (Å²) in [6, 6.07) is 0.528. The summed E-state index contributed by atoms with van der Waals surface area (Å²) in [6.07, 6.45) is 6.35. The molecule has 0 saturated carbocycles. The number of nitrogens with zero attached hydrogens (tertiary/aromatic N) is 5. The molecule has 3 rings (SSSR count). The van der Waals surface area contributed by atoms with Crippen LogP contribution in [-0.4, -0.2) is 32.2 Å². The first-order chi connectivity index (χ1) is 9.22. The van der Waals surface area contributed by atoms with Crippen molar-refractivity contribution in [2.24, 2.45) is 0 Å². The van der Waals surface area contributed by atoms with Crippen molar-refractivity contribution in [1.29, 1.82) is 0 Å². The van der Waals surface area contributed by atoms with Crippen LogP contribution in [0.4, 0.5) is 5.82 Å². The highest BCUT2D eigenvalue weighted by molar-refractivity contribution is 6.33. The van der Waals surface area contributed by atoms with Crippen molar-refractivity contribution in [2.75, 3.05) is 11.4 Å². The smallest absolute Gasteiger partial charge is 0.254 e. The number of fused-ring (bicyclic) bond motifs is 1. The Morgan fingerprint density at radius 3 is 3.05 bits per heavy atom. The highest BCUT2D eigenvalue weighted by Crippen LogP contribution is 2.33. The van der Waals surface area contributed by atoms with E-state index < -0.39 is 0 Å². The van der Waals surface area contributed by atoms with E-state index in [4.69, 9.17) is 11.6 Å². The molecule has 0 spiro atoms. The number of hydrogen-bond donors (Lipinski definition) is 0. The van der Waals surface area contributed by atoms with E-state index in [2.05, 4.69) is 26.9 Å². The molecule has 102 valence electrons. The Hall–Kier alpha value is -1.36.